The fraction of sp³-hybridized carbons (Fsp3) is 0.267. The monoisotopic (exact) mass is 574 g/mol. The summed E-state index contributed by atoms with van der Waals surface area (Å²) in [6.07, 6.45) is 2.97. The van der Waals surface area contributed by atoms with E-state index in [1.54, 1.807) is 34.2 Å². The second kappa shape index (κ2) is 12.9. The smallest absolute Gasteiger partial charge is 0.408 e. The number of alkyl carbamates (subject to hydrolysis) is 1. The zero-order valence-electron chi connectivity index (χ0n) is 22.3. The lowest BCUT2D eigenvalue weighted by molar-refractivity contribution is -0.134. The largest absolute Gasteiger partial charge is 0.464 e. The van der Waals surface area contributed by atoms with Crippen LogP contribution in [0.4, 0.5) is 4.79 Å². The van der Waals surface area contributed by atoms with Crippen molar-refractivity contribution in [1.29, 1.82) is 0 Å². The van der Waals surface area contributed by atoms with Gasteiger partial charge in [0.2, 0.25) is 5.91 Å². The molecule has 10 heteroatoms. The van der Waals surface area contributed by atoms with Crippen LogP contribution in [0, 0.1) is 0 Å². The standard InChI is InChI=1S/C30H30N4O4S2/c1-20(2)28-32-24(18-39-28)16-34(15-22-8-9-27-23(12-22)10-11-37-27)29(35)26(13-21-6-4-3-5-7-21)33-30(36)38-17-25-14-31-19-40-25/h3-12,14,18-20,26H,13,15-17H2,1-2H3,(H,33,36)/t26-/m0/s1. The molecule has 5 aromatic rings. The molecule has 2 amide bonds. The van der Waals surface area contributed by atoms with Crippen LogP contribution in [0.25, 0.3) is 11.0 Å². The number of ether oxygens (including phenoxy) is 1. The molecule has 5 rings (SSSR count). The van der Waals surface area contributed by atoms with Gasteiger partial charge in [0, 0.05) is 35.8 Å². The second-order valence-electron chi connectivity index (χ2n) is 9.75. The molecule has 3 aromatic heterocycles. The van der Waals surface area contributed by atoms with Gasteiger partial charge in [0.1, 0.15) is 18.2 Å². The lowest BCUT2D eigenvalue weighted by Crippen LogP contribution is -2.49. The molecule has 0 unspecified atom stereocenters. The fourth-order valence-electron chi connectivity index (χ4n) is 4.31. The predicted octanol–water partition coefficient (Wildman–Crippen LogP) is 6.54. The van der Waals surface area contributed by atoms with Crippen LogP contribution in [0.15, 0.2) is 82.4 Å². The number of benzene rings is 2. The van der Waals surface area contributed by atoms with Crippen molar-refractivity contribution in [2.45, 2.75) is 51.9 Å². The minimum Gasteiger partial charge on any atom is -0.464 e. The third-order valence-electron chi connectivity index (χ3n) is 6.32. The average Bonchev–Trinajstić information content (AvgIpc) is 3.73. The maximum Gasteiger partial charge on any atom is 0.408 e. The van der Waals surface area contributed by atoms with Crippen molar-refractivity contribution >= 4 is 45.6 Å². The second-order valence-corrected chi connectivity index (χ2v) is 11.6. The molecular formula is C30H30N4O4S2. The number of carbonyl (C=O) groups excluding carboxylic acids is 2. The van der Waals surface area contributed by atoms with E-state index in [1.807, 2.05) is 60.0 Å². The Morgan fingerprint density at radius 1 is 1.05 bits per heavy atom. The first kappa shape index (κ1) is 27.5. The van der Waals surface area contributed by atoms with Gasteiger partial charge in [0.15, 0.2) is 0 Å². The van der Waals surface area contributed by atoms with Crippen LogP contribution in [0.5, 0.6) is 0 Å². The van der Waals surface area contributed by atoms with Gasteiger partial charge in [-0.1, -0.05) is 50.2 Å². The van der Waals surface area contributed by atoms with Gasteiger partial charge in [-0.25, -0.2) is 9.78 Å². The minimum absolute atomic E-state index is 0.0912. The molecule has 0 aliphatic carbocycles. The average molecular weight is 575 g/mol. The highest BCUT2D eigenvalue weighted by Gasteiger charge is 2.28. The summed E-state index contributed by atoms with van der Waals surface area (Å²) in [5.74, 6) is 0.0807. The van der Waals surface area contributed by atoms with Crippen molar-refractivity contribution < 1.29 is 18.7 Å². The summed E-state index contributed by atoms with van der Waals surface area (Å²) in [5, 5.41) is 6.81. The van der Waals surface area contributed by atoms with Crippen molar-refractivity contribution in [2.75, 3.05) is 0 Å². The van der Waals surface area contributed by atoms with Crippen molar-refractivity contribution in [3.8, 4) is 0 Å². The van der Waals surface area contributed by atoms with E-state index < -0.39 is 12.1 Å². The van der Waals surface area contributed by atoms with E-state index >= 15 is 0 Å². The number of aromatic nitrogens is 2. The third kappa shape index (κ3) is 7.13. The summed E-state index contributed by atoms with van der Waals surface area (Å²) in [6, 6.07) is 16.6. The van der Waals surface area contributed by atoms with Crippen LogP contribution in [0.2, 0.25) is 0 Å². The first-order chi connectivity index (χ1) is 19.4. The highest BCUT2D eigenvalue weighted by atomic mass is 32.1. The van der Waals surface area contributed by atoms with Gasteiger partial charge in [0.25, 0.3) is 0 Å². The normalized spacial score (nSPS) is 12.0. The molecule has 40 heavy (non-hydrogen) atoms. The van der Waals surface area contributed by atoms with Gasteiger partial charge in [-0.2, -0.15) is 0 Å². The molecule has 1 atom stereocenters. The molecule has 0 aliphatic heterocycles. The summed E-state index contributed by atoms with van der Waals surface area (Å²) < 4.78 is 10.9. The number of thiazole rings is 2. The molecular weight excluding hydrogens is 544 g/mol. The lowest BCUT2D eigenvalue weighted by atomic mass is 10.0. The number of carbonyl (C=O) groups is 2. The van der Waals surface area contributed by atoms with Gasteiger partial charge in [0.05, 0.1) is 33.9 Å². The van der Waals surface area contributed by atoms with E-state index in [9.17, 15) is 9.59 Å². The summed E-state index contributed by atoms with van der Waals surface area (Å²) in [5.41, 5.74) is 5.17. The molecule has 2 aromatic carbocycles. The molecule has 206 valence electrons. The Hall–Kier alpha value is -4.02. The predicted molar refractivity (Wildman–Crippen MR) is 156 cm³/mol. The Morgan fingerprint density at radius 2 is 1.90 bits per heavy atom. The van der Waals surface area contributed by atoms with Gasteiger partial charge in [-0.15, -0.1) is 22.7 Å². The maximum atomic E-state index is 14.2. The Kier molecular flexibility index (Phi) is 8.87. The Morgan fingerprint density at radius 3 is 2.65 bits per heavy atom. The maximum absolute atomic E-state index is 14.2. The zero-order chi connectivity index (χ0) is 27.9. The molecule has 3 heterocycles. The summed E-state index contributed by atoms with van der Waals surface area (Å²) in [6.45, 7) is 4.95. The highest BCUT2D eigenvalue weighted by Crippen LogP contribution is 2.23. The van der Waals surface area contributed by atoms with E-state index in [-0.39, 0.29) is 12.5 Å². The SMILES string of the molecule is CC(C)c1nc(CN(Cc2ccc3occc3c2)C(=O)[C@H](Cc2ccccc2)NC(=O)OCc2cncs2)cs1. The van der Waals surface area contributed by atoms with Crippen molar-refractivity contribution in [2.24, 2.45) is 0 Å². The number of nitrogens with zero attached hydrogens (tertiary/aromatic N) is 3. The van der Waals surface area contributed by atoms with E-state index in [0.717, 1.165) is 37.7 Å². The molecule has 0 bridgehead atoms. The van der Waals surface area contributed by atoms with Gasteiger partial charge >= 0.3 is 6.09 Å². The molecule has 8 nitrogen and oxygen atoms in total. The van der Waals surface area contributed by atoms with Gasteiger partial charge in [-0.05, 0) is 29.3 Å². The van der Waals surface area contributed by atoms with E-state index in [0.29, 0.717) is 25.4 Å². The van der Waals surface area contributed by atoms with E-state index in [1.165, 1.54) is 11.3 Å². The Balaban J connectivity index is 1.40. The topological polar surface area (TPSA) is 97.6 Å². The molecule has 0 radical (unpaired) electrons. The van der Waals surface area contributed by atoms with Crippen molar-refractivity contribution in [3.05, 3.63) is 105 Å². The molecule has 0 aliphatic rings. The van der Waals surface area contributed by atoms with Gasteiger partial charge in [-0.3, -0.25) is 9.78 Å². The number of hydrogen-bond acceptors (Lipinski definition) is 8. The molecule has 0 saturated heterocycles. The number of nitrogens with one attached hydrogen (secondary N) is 1. The minimum atomic E-state index is -0.836. The molecule has 0 saturated carbocycles. The number of amides is 2. The molecule has 0 spiro atoms. The first-order valence-electron chi connectivity index (χ1n) is 13.0. The van der Waals surface area contributed by atoms with Crippen molar-refractivity contribution in [1.82, 2.24) is 20.2 Å². The highest BCUT2D eigenvalue weighted by molar-refractivity contribution is 7.09. The quantitative estimate of drug-likeness (QED) is 0.193. The molecule has 1 N–H and O–H groups in total. The summed E-state index contributed by atoms with van der Waals surface area (Å²) in [7, 11) is 0. The Labute approximate surface area is 240 Å². The van der Waals surface area contributed by atoms with Gasteiger partial charge < -0.3 is 19.4 Å². The third-order valence-corrected chi connectivity index (χ3v) is 8.27. The summed E-state index contributed by atoms with van der Waals surface area (Å²) in [4.78, 5) is 38.4. The van der Waals surface area contributed by atoms with Crippen LogP contribution in [0.1, 0.15) is 46.5 Å². The van der Waals surface area contributed by atoms with Crippen LogP contribution < -0.4 is 5.32 Å². The number of rotatable bonds is 11. The number of fused-ring (bicyclic) bond motifs is 1. The van der Waals surface area contributed by atoms with E-state index in [4.69, 9.17) is 14.1 Å². The van der Waals surface area contributed by atoms with Crippen LogP contribution in [-0.2, 0) is 35.6 Å². The van der Waals surface area contributed by atoms with Crippen LogP contribution >= 0.6 is 22.7 Å². The first-order valence-corrected chi connectivity index (χ1v) is 14.7. The van der Waals surface area contributed by atoms with Crippen molar-refractivity contribution in [3.63, 3.8) is 0 Å². The molecule has 0 fully saturated rings. The van der Waals surface area contributed by atoms with Crippen LogP contribution in [0.3, 0.4) is 0 Å². The fourth-order valence-corrected chi connectivity index (χ4v) is 5.64. The Bertz CT molecular complexity index is 1550. The number of hydrogen-bond donors (Lipinski definition) is 1. The lowest BCUT2D eigenvalue weighted by Gasteiger charge is -2.28. The van der Waals surface area contributed by atoms with E-state index in [2.05, 4.69) is 24.1 Å². The number of furan rings is 1. The summed E-state index contributed by atoms with van der Waals surface area (Å²) >= 11 is 2.99. The van der Waals surface area contributed by atoms with Crippen LogP contribution in [-0.4, -0.2) is 32.9 Å². The zero-order valence-corrected chi connectivity index (χ0v) is 23.9.